The molecule has 2 saturated heterocycles. The molecule has 2 atom stereocenters. The first-order valence-corrected chi connectivity index (χ1v) is 6.79. The van der Waals surface area contributed by atoms with Crippen LogP contribution in [0.1, 0.15) is 40.0 Å². The van der Waals surface area contributed by atoms with Gasteiger partial charge < -0.3 is 10.6 Å². The highest BCUT2D eigenvalue weighted by atomic mass is 15.2. The summed E-state index contributed by atoms with van der Waals surface area (Å²) >= 11 is 0. The van der Waals surface area contributed by atoms with Crippen molar-refractivity contribution in [3.63, 3.8) is 0 Å². The Morgan fingerprint density at radius 3 is 2.69 bits per heavy atom. The largest absolute Gasteiger partial charge is 0.311 e. The fourth-order valence-electron chi connectivity index (χ4n) is 3.02. The zero-order valence-electron chi connectivity index (χ0n) is 11.1. The minimum atomic E-state index is 0.247. The van der Waals surface area contributed by atoms with Crippen LogP contribution in [-0.4, -0.2) is 48.7 Å². The van der Waals surface area contributed by atoms with E-state index in [2.05, 4.69) is 36.3 Å². The molecule has 0 saturated carbocycles. The average Bonchev–Trinajstić information content (AvgIpc) is 2.73. The Morgan fingerprint density at radius 2 is 1.94 bits per heavy atom. The average molecular weight is 225 g/mol. The van der Waals surface area contributed by atoms with Gasteiger partial charge in [-0.05, 0) is 46.6 Å². The van der Waals surface area contributed by atoms with Crippen LogP contribution >= 0.6 is 0 Å². The summed E-state index contributed by atoms with van der Waals surface area (Å²) in [5.41, 5.74) is 0.247. The molecule has 16 heavy (non-hydrogen) atoms. The fraction of sp³-hybridized carbons (Fsp3) is 1.00. The van der Waals surface area contributed by atoms with Crippen LogP contribution in [-0.2, 0) is 0 Å². The van der Waals surface area contributed by atoms with E-state index in [9.17, 15) is 0 Å². The summed E-state index contributed by atoms with van der Waals surface area (Å²) in [4.78, 5) is 2.66. The number of rotatable bonds is 4. The molecule has 0 radical (unpaired) electrons. The van der Waals surface area contributed by atoms with Gasteiger partial charge >= 0.3 is 0 Å². The maximum Gasteiger partial charge on any atom is 0.0250 e. The number of fused-ring (bicyclic) bond motifs is 1. The van der Waals surface area contributed by atoms with Gasteiger partial charge in [0.05, 0.1) is 0 Å². The SMILES string of the molecule is CC(C)(C)NCCNC1CCN2CCCC12. The molecule has 2 N–H and O–H groups in total. The quantitative estimate of drug-likeness (QED) is 0.704. The Kier molecular flexibility index (Phi) is 3.88. The van der Waals surface area contributed by atoms with Crippen molar-refractivity contribution in [3.05, 3.63) is 0 Å². The molecule has 2 heterocycles. The van der Waals surface area contributed by atoms with Gasteiger partial charge in [-0.1, -0.05) is 0 Å². The molecule has 0 bridgehead atoms. The molecule has 3 heteroatoms. The zero-order valence-corrected chi connectivity index (χ0v) is 11.1. The molecule has 0 amide bonds. The first-order chi connectivity index (χ1) is 7.56. The van der Waals surface area contributed by atoms with E-state index >= 15 is 0 Å². The van der Waals surface area contributed by atoms with Gasteiger partial charge in [0.2, 0.25) is 0 Å². The third-order valence-corrected chi connectivity index (χ3v) is 3.79. The lowest BCUT2D eigenvalue weighted by molar-refractivity contribution is 0.297. The molecule has 0 aromatic heterocycles. The van der Waals surface area contributed by atoms with Crippen molar-refractivity contribution < 1.29 is 0 Å². The predicted octanol–water partition coefficient (Wildman–Crippen LogP) is 1.20. The summed E-state index contributed by atoms with van der Waals surface area (Å²) < 4.78 is 0. The van der Waals surface area contributed by atoms with E-state index in [0.29, 0.717) is 0 Å². The summed E-state index contributed by atoms with van der Waals surface area (Å²) in [6.45, 7) is 11.5. The van der Waals surface area contributed by atoms with Gasteiger partial charge in [0.15, 0.2) is 0 Å². The standard InChI is InChI=1S/C13H27N3/c1-13(2,3)15-8-7-14-11-6-10-16-9-4-5-12(11)16/h11-12,14-15H,4-10H2,1-3H3. The van der Waals surface area contributed by atoms with Crippen molar-refractivity contribution in [2.45, 2.75) is 57.7 Å². The maximum absolute atomic E-state index is 3.72. The molecular weight excluding hydrogens is 198 g/mol. The summed E-state index contributed by atoms with van der Waals surface area (Å²) in [6, 6.07) is 1.60. The molecule has 2 unspecified atom stereocenters. The molecule has 2 aliphatic heterocycles. The monoisotopic (exact) mass is 225 g/mol. The summed E-state index contributed by atoms with van der Waals surface area (Å²) in [5.74, 6) is 0. The zero-order chi connectivity index (χ0) is 11.6. The van der Waals surface area contributed by atoms with E-state index in [1.54, 1.807) is 0 Å². The Morgan fingerprint density at radius 1 is 1.12 bits per heavy atom. The minimum Gasteiger partial charge on any atom is -0.311 e. The molecular formula is C13H27N3. The fourth-order valence-corrected chi connectivity index (χ4v) is 3.02. The lowest BCUT2D eigenvalue weighted by atomic mass is 10.1. The van der Waals surface area contributed by atoms with Crippen molar-refractivity contribution in [1.82, 2.24) is 15.5 Å². The van der Waals surface area contributed by atoms with E-state index in [4.69, 9.17) is 0 Å². The van der Waals surface area contributed by atoms with Crippen LogP contribution in [0.15, 0.2) is 0 Å². The third-order valence-electron chi connectivity index (χ3n) is 3.79. The molecule has 0 aromatic carbocycles. The highest BCUT2D eigenvalue weighted by Crippen LogP contribution is 2.27. The first kappa shape index (κ1) is 12.3. The highest BCUT2D eigenvalue weighted by molar-refractivity contribution is 4.95. The molecule has 2 aliphatic rings. The number of nitrogens with one attached hydrogen (secondary N) is 2. The van der Waals surface area contributed by atoms with Gasteiger partial charge in [0.1, 0.15) is 0 Å². The van der Waals surface area contributed by atoms with Crippen molar-refractivity contribution >= 4 is 0 Å². The Hall–Kier alpha value is -0.120. The Bertz CT molecular complexity index is 222. The van der Waals surface area contributed by atoms with Crippen LogP contribution in [0.3, 0.4) is 0 Å². The van der Waals surface area contributed by atoms with Gasteiger partial charge in [-0.25, -0.2) is 0 Å². The molecule has 2 rings (SSSR count). The van der Waals surface area contributed by atoms with Gasteiger partial charge in [-0.3, -0.25) is 4.90 Å². The van der Waals surface area contributed by atoms with E-state index in [1.165, 1.54) is 32.4 Å². The van der Waals surface area contributed by atoms with Crippen LogP contribution in [0.25, 0.3) is 0 Å². The summed E-state index contributed by atoms with van der Waals surface area (Å²) in [6.07, 6.45) is 4.16. The molecule has 3 nitrogen and oxygen atoms in total. The Labute approximate surface area is 100.0 Å². The lowest BCUT2D eigenvalue weighted by Crippen LogP contribution is -2.45. The van der Waals surface area contributed by atoms with Crippen molar-refractivity contribution in [2.75, 3.05) is 26.2 Å². The van der Waals surface area contributed by atoms with Crippen molar-refractivity contribution in [2.24, 2.45) is 0 Å². The predicted molar refractivity (Wildman–Crippen MR) is 68.8 cm³/mol. The maximum atomic E-state index is 3.72. The van der Waals surface area contributed by atoms with Crippen LogP contribution < -0.4 is 10.6 Å². The van der Waals surface area contributed by atoms with E-state index < -0.39 is 0 Å². The van der Waals surface area contributed by atoms with E-state index in [1.807, 2.05) is 0 Å². The first-order valence-electron chi connectivity index (χ1n) is 6.79. The van der Waals surface area contributed by atoms with E-state index in [0.717, 1.165) is 25.2 Å². The second-order valence-electron chi connectivity index (χ2n) is 6.27. The molecule has 2 fully saturated rings. The van der Waals surface area contributed by atoms with Crippen molar-refractivity contribution in [1.29, 1.82) is 0 Å². The topological polar surface area (TPSA) is 27.3 Å². The lowest BCUT2D eigenvalue weighted by Gasteiger charge is -2.24. The normalized spacial score (nSPS) is 30.9. The molecule has 0 aliphatic carbocycles. The third kappa shape index (κ3) is 3.19. The van der Waals surface area contributed by atoms with Crippen LogP contribution in [0.2, 0.25) is 0 Å². The van der Waals surface area contributed by atoms with Gasteiger partial charge in [-0.15, -0.1) is 0 Å². The Balaban J connectivity index is 1.63. The number of hydrogen-bond donors (Lipinski definition) is 2. The minimum absolute atomic E-state index is 0.247. The molecule has 0 aromatic rings. The highest BCUT2D eigenvalue weighted by Gasteiger charge is 2.36. The smallest absolute Gasteiger partial charge is 0.0250 e. The van der Waals surface area contributed by atoms with Crippen LogP contribution in [0, 0.1) is 0 Å². The van der Waals surface area contributed by atoms with Gasteiger partial charge in [0, 0.05) is 37.3 Å². The summed E-state index contributed by atoms with van der Waals surface area (Å²) in [5, 5.41) is 7.25. The van der Waals surface area contributed by atoms with Crippen LogP contribution in [0.4, 0.5) is 0 Å². The summed E-state index contributed by atoms with van der Waals surface area (Å²) in [7, 11) is 0. The van der Waals surface area contributed by atoms with Crippen molar-refractivity contribution in [3.8, 4) is 0 Å². The number of nitrogens with zero attached hydrogens (tertiary/aromatic N) is 1. The molecule has 94 valence electrons. The second-order valence-corrected chi connectivity index (χ2v) is 6.27. The molecule has 0 spiro atoms. The van der Waals surface area contributed by atoms with Gasteiger partial charge in [-0.2, -0.15) is 0 Å². The van der Waals surface area contributed by atoms with E-state index in [-0.39, 0.29) is 5.54 Å². The van der Waals surface area contributed by atoms with Crippen LogP contribution in [0.5, 0.6) is 0 Å². The number of hydrogen-bond acceptors (Lipinski definition) is 3. The van der Waals surface area contributed by atoms with Gasteiger partial charge in [0.25, 0.3) is 0 Å². The second kappa shape index (κ2) is 5.03.